The molecule has 0 fully saturated rings. The first kappa shape index (κ1) is 18.7. The van der Waals surface area contributed by atoms with Crippen LogP contribution in [0.25, 0.3) is 0 Å². The van der Waals surface area contributed by atoms with Crippen LogP contribution in [-0.4, -0.2) is 35.0 Å². The number of halogens is 2. The first-order chi connectivity index (χ1) is 11.8. The van der Waals surface area contributed by atoms with Crippen LogP contribution in [0.3, 0.4) is 0 Å². The van der Waals surface area contributed by atoms with Crippen molar-refractivity contribution in [3.05, 3.63) is 46.9 Å². The summed E-state index contributed by atoms with van der Waals surface area (Å²) in [6.45, 7) is 3.65. The van der Waals surface area contributed by atoms with Gasteiger partial charge in [0.1, 0.15) is 12.1 Å². The number of benzene rings is 1. The second kappa shape index (κ2) is 7.98. The van der Waals surface area contributed by atoms with Crippen LogP contribution in [0.4, 0.5) is 14.9 Å². The predicted molar refractivity (Wildman–Crippen MR) is 89.0 cm³/mol. The van der Waals surface area contributed by atoms with Gasteiger partial charge in [0.05, 0.1) is 18.7 Å². The van der Waals surface area contributed by atoms with Crippen LogP contribution in [0.5, 0.6) is 0 Å². The molecule has 0 atom stereocenters. The van der Waals surface area contributed by atoms with Crippen molar-refractivity contribution < 1.29 is 23.1 Å². The summed E-state index contributed by atoms with van der Waals surface area (Å²) in [7, 11) is 1.23. The lowest BCUT2D eigenvalue weighted by Gasteiger charge is -2.25. The van der Waals surface area contributed by atoms with Gasteiger partial charge in [-0.1, -0.05) is 11.6 Å². The Labute approximate surface area is 148 Å². The van der Waals surface area contributed by atoms with Gasteiger partial charge in [-0.3, -0.25) is 0 Å². The Balaban J connectivity index is 2.11. The summed E-state index contributed by atoms with van der Waals surface area (Å²) in [5, 5.41) is 2.53. The van der Waals surface area contributed by atoms with Crippen LogP contribution in [-0.2, 0) is 11.3 Å². The number of esters is 1. The lowest BCUT2D eigenvalue weighted by atomic mass is 10.3. The number of ether oxygens (including phenoxy) is 1. The molecule has 2 aromatic rings. The Hall–Kier alpha value is -2.61. The van der Waals surface area contributed by atoms with Crippen molar-refractivity contribution in [1.29, 1.82) is 0 Å². The van der Waals surface area contributed by atoms with E-state index in [2.05, 4.69) is 15.0 Å². The molecule has 134 valence electrons. The van der Waals surface area contributed by atoms with Crippen molar-refractivity contribution >= 4 is 29.3 Å². The molecule has 25 heavy (non-hydrogen) atoms. The summed E-state index contributed by atoms with van der Waals surface area (Å²) >= 11 is 5.71. The molecule has 0 aliphatic carbocycles. The number of amides is 2. The molecule has 1 aromatic heterocycles. The van der Waals surface area contributed by atoms with Gasteiger partial charge in [-0.15, -0.1) is 0 Å². The first-order valence-corrected chi connectivity index (χ1v) is 7.75. The molecule has 0 bridgehead atoms. The van der Waals surface area contributed by atoms with E-state index in [4.69, 9.17) is 16.0 Å². The average molecular weight is 370 g/mol. The Morgan fingerprint density at radius 1 is 1.44 bits per heavy atom. The van der Waals surface area contributed by atoms with E-state index in [0.717, 1.165) is 12.3 Å². The van der Waals surface area contributed by atoms with E-state index in [9.17, 15) is 14.0 Å². The number of carbonyl (C=O) groups excluding carboxylic acids is 2. The Morgan fingerprint density at radius 3 is 2.76 bits per heavy atom. The highest BCUT2D eigenvalue weighted by molar-refractivity contribution is 6.31. The number of anilines is 1. The van der Waals surface area contributed by atoms with E-state index in [0.29, 0.717) is 5.69 Å². The molecular weight excluding hydrogens is 353 g/mol. The van der Waals surface area contributed by atoms with Gasteiger partial charge in [-0.2, -0.15) is 0 Å². The van der Waals surface area contributed by atoms with E-state index in [-0.39, 0.29) is 29.2 Å². The Morgan fingerprint density at radius 2 is 2.16 bits per heavy atom. The molecule has 0 spiro atoms. The summed E-state index contributed by atoms with van der Waals surface area (Å²) in [5.41, 5.74) is 0.372. The lowest BCUT2D eigenvalue weighted by Crippen LogP contribution is -2.39. The maximum Gasteiger partial charge on any atom is 0.360 e. The molecule has 0 unspecified atom stereocenters. The lowest BCUT2D eigenvalue weighted by molar-refractivity contribution is 0.0594. The molecule has 0 aliphatic heterocycles. The molecule has 0 saturated heterocycles. The molecule has 0 radical (unpaired) electrons. The summed E-state index contributed by atoms with van der Waals surface area (Å²) in [6, 6.07) is 3.24. The van der Waals surface area contributed by atoms with Crippen LogP contribution >= 0.6 is 11.6 Å². The van der Waals surface area contributed by atoms with E-state index >= 15 is 0 Å². The molecular formula is C16H17ClFN3O4. The molecule has 0 saturated carbocycles. The Bertz CT molecular complexity index is 778. The number of aromatic nitrogens is 1. The smallest absolute Gasteiger partial charge is 0.360 e. The Kier molecular flexibility index (Phi) is 5.97. The van der Waals surface area contributed by atoms with Crippen LogP contribution < -0.4 is 5.32 Å². The second-order valence-corrected chi connectivity index (χ2v) is 5.81. The first-order valence-electron chi connectivity index (χ1n) is 7.37. The highest BCUT2D eigenvalue weighted by Crippen LogP contribution is 2.20. The van der Waals surface area contributed by atoms with Crippen LogP contribution in [0.15, 0.2) is 28.9 Å². The maximum atomic E-state index is 13.2. The molecule has 1 heterocycles. The third-order valence-electron chi connectivity index (χ3n) is 3.31. The van der Waals surface area contributed by atoms with Crippen molar-refractivity contribution in [3.8, 4) is 0 Å². The topological polar surface area (TPSA) is 84.7 Å². The molecule has 0 aliphatic rings. The van der Waals surface area contributed by atoms with Crippen LogP contribution in [0.1, 0.15) is 30.2 Å². The van der Waals surface area contributed by atoms with Gasteiger partial charge >= 0.3 is 12.0 Å². The fourth-order valence-electron chi connectivity index (χ4n) is 1.99. The average Bonchev–Trinajstić information content (AvgIpc) is 3.03. The van der Waals surface area contributed by atoms with Gasteiger partial charge in [0.2, 0.25) is 5.89 Å². The van der Waals surface area contributed by atoms with Crippen molar-refractivity contribution in [2.24, 2.45) is 0 Å². The summed E-state index contributed by atoms with van der Waals surface area (Å²) in [4.78, 5) is 29.3. The summed E-state index contributed by atoms with van der Waals surface area (Å²) in [5.74, 6) is -1.02. The molecule has 2 amide bonds. The number of rotatable bonds is 5. The maximum absolute atomic E-state index is 13.2. The van der Waals surface area contributed by atoms with Gasteiger partial charge in [0, 0.05) is 11.7 Å². The SMILES string of the molecule is COC(=O)c1coc(CN(C(=O)Nc2ccc(F)c(Cl)c2)C(C)C)n1. The largest absolute Gasteiger partial charge is 0.464 e. The van der Waals surface area contributed by atoms with Crippen LogP contribution in [0, 0.1) is 5.82 Å². The molecule has 9 heteroatoms. The van der Waals surface area contributed by atoms with Crippen molar-refractivity contribution in [2.45, 2.75) is 26.4 Å². The number of nitrogens with zero attached hydrogens (tertiary/aromatic N) is 2. The number of urea groups is 1. The van der Waals surface area contributed by atoms with Gasteiger partial charge in [-0.05, 0) is 32.0 Å². The number of hydrogen-bond donors (Lipinski definition) is 1. The number of methoxy groups -OCH3 is 1. The van der Waals surface area contributed by atoms with Gasteiger partial charge in [0.25, 0.3) is 0 Å². The van der Waals surface area contributed by atoms with Crippen molar-refractivity contribution in [3.63, 3.8) is 0 Å². The monoisotopic (exact) mass is 369 g/mol. The third-order valence-corrected chi connectivity index (χ3v) is 3.60. The minimum Gasteiger partial charge on any atom is -0.464 e. The van der Waals surface area contributed by atoms with Gasteiger partial charge < -0.3 is 19.4 Å². The highest BCUT2D eigenvalue weighted by atomic mass is 35.5. The zero-order valence-corrected chi connectivity index (χ0v) is 14.6. The van der Waals surface area contributed by atoms with E-state index in [1.54, 1.807) is 13.8 Å². The van der Waals surface area contributed by atoms with E-state index in [1.807, 2.05) is 0 Å². The van der Waals surface area contributed by atoms with Gasteiger partial charge in [-0.25, -0.2) is 19.0 Å². The normalized spacial score (nSPS) is 10.6. The highest BCUT2D eigenvalue weighted by Gasteiger charge is 2.21. The molecule has 2 rings (SSSR count). The number of nitrogens with one attached hydrogen (secondary N) is 1. The minimum absolute atomic E-state index is 0.0203. The third kappa shape index (κ3) is 4.69. The molecule has 1 aromatic carbocycles. The summed E-state index contributed by atoms with van der Waals surface area (Å²) in [6.07, 6.45) is 1.16. The predicted octanol–water partition coefficient (Wildman–Crippen LogP) is 3.70. The van der Waals surface area contributed by atoms with Crippen molar-refractivity contribution in [1.82, 2.24) is 9.88 Å². The fraction of sp³-hybridized carbons (Fsp3) is 0.312. The van der Waals surface area contributed by atoms with Crippen molar-refractivity contribution in [2.75, 3.05) is 12.4 Å². The molecule has 1 N–H and O–H groups in total. The summed E-state index contributed by atoms with van der Waals surface area (Å²) < 4.78 is 22.9. The second-order valence-electron chi connectivity index (χ2n) is 5.40. The standard InChI is InChI=1S/C16H17ClFN3O4/c1-9(2)21(7-14-20-13(8-25-14)15(22)24-3)16(23)19-10-4-5-12(18)11(17)6-10/h4-6,8-9H,7H2,1-3H3,(H,19,23). The number of carbonyl (C=O) groups is 2. The zero-order valence-electron chi connectivity index (χ0n) is 13.9. The fourth-order valence-corrected chi connectivity index (χ4v) is 2.17. The van der Waals surface area contributed by atoms with Crippen LogP contribution in [0.2, 0.25) is 5.02 Å². The minimum atomic E-state index is -0.628. The van der Waals surface area contributed by atoms with E-state index < -0.39 is 17.8 Å². The quantitative estimate of drug-likeness (QED) is 0.812. The zero-order chi connectivity index (χ0) is 18.6. The van der Waals surface area contributed by atoms with Gasteiger partial charge in [0.15, 0.2) is 5.69 Å². The number of oxazole rings is 1. The number of hydrogen-bond acceptors (Lipinski definition) is 5. The molecule has 7 nitrogen and oxygen atoms in total. The van der Waals surface area contributed by atoms with E-state index in [1.165, 1.54) is 24.1 Å².